The molecule has 146 valence electrons. The number of piperazine rings is 1. The Morgan fingerprint density at radius 2 is 1.96 bits per heavy atom. The van der Waals surface area contributed by atoms with E-state index in [9.17, 15) is 14.3 Å². The van der Waals surface area contributed by atoms with Gasteiger partial charge in [-0.15, -0.1) is 0 Å². The van der Waals surface area contributed by atoms with E-state index in [1.165, 1.54) is 19.2 Å². The summed E-state index contributed by atoms with van der Waals surface area (Å²) in [6.45, 7) is 3.82. The lowest BCUT2D eigenvalue weighted by atomic mass is 9.98. The summed E-state index contributed by atoms with van der Waals surface area (Å²) in [7, 11) is 3.36. The van der Waals surface area contributed by atoms with Gasteiger partial charge in [-0.3, -0.25) is 9.69 Å². The summed E-state index contributed by atoms with van der Waals surface area (Å²) in [6.07, 6.45) is -1.16. The maximum atomic E-state index is 13.1. The number of hydrogen-bond acceptors (Lipinski definition) is 7. The van der Waals surface area contributed by atoms with Crippen molar-refractivity contribution in [3.05, 3.63) is 41.8 Å². The van der Waals surface area contributed by atoms with Gasteiger partial charge >= 0.3 is 5.97 Å². The summed E-state index contributed by atoms with van der Waals surface area (Å²) in [4.78, 5) is 16.6. The normalized spacial score (nSPS) is 18.2. The molecule has 3 rings (SSSR count). The largest absolute Gasteiger partial charge is 0.469 e. The summed E-state index contributed by atoms with van der Waals surface area (Å²) in [5, 5.41) is 14.7. The van der Waals surface area contributed by atoms with Crippen molar-refractivity contribution in [1.82, 2.24) is 15.0 Å². The number of esters is 1. The standard InChI is InChI=1S/C19H24FN3O4/c1-22-7-9-23(10-8-22)12-15(19(25)26-2)18(24)16-11-17(27-21-16)13-3-5-14(20)6-4-13/h3-6,11,15,18,24H,7-10,12H2,1-2H3/t15-,18-/m0/s1. The number of aliphatic hydroxyl groups is 1. The topological polar surface area (TPSA) is 79.0 Å². The van der Waals surface area contributed by atoms with Gasteiger partial charge in [0, 0.05) is 44.4 Å². The number of aliphatic hydroxyl groups excluding tert-OH is 1. The van der Waals surface area contributed by atoms with Crippen LogP contribution in [0.4, 0.5) is 4.39 Å². The molecule has 1 N–H and O–H groups in total. The third-order valence-corrected chi connectivity index (χ3v) is 4.90. The number of methoxy groups -OCH3 is 1. The molecule has 27 heavy (non-hydrogen) atoms. The van der Waals surface area contributed by atoms with Gasteiger partial charge in [0.25, 0.3) is 0 Å². The Labute approximate surface area is 157 Å². The van der Waals surface area contributed by atoms with Gasteiger partial charge in [-0.25, -0.2) is 4.39 Å². The highest BCUT2D eigenvalue weighted by atomic mass is 19.1. The Bertz CT molecular complexity index is 757. The number of likely N-dealkylation sites (N-methyl/N-ethyl adjacent to an activating group) is 1. The molecule has 1 aliphatic heterocycles. The number of nitrogens with zero attached hydrogens (tertiary/aromatic N) is 3. The lowest BCUT2D eigenvalue weighted by molar-refractivity contribution is -0.151. The highest BCUT2D eigenvalue weighted by Gasteiger charge is 2.33. The monoisotopic (exact) mass is 377 g/mol. The van der Waals surface area contributed by atoms with Crippen LogP contribution >= 0.6 is 0 Å². The van der Waals surface area contributed by atoms with E-state index in [0.717, 1.165) is 26.2 Å². The number of hydrogen-bond donors (Lipinski definition) is 1. The lowest BCUT2D eigenvalue weighted by Crippen LogP contribution is -2.48. The summed E-state index contributed by atoms with van der Waals surface area (Å²) >= 11 is 0. The van der Waals surface area contributed by atoms with Crippen LogP contribution in [-0.4, -0.2) is 72.9 Å². The first kappa shape index (κ1) is 19.5. The molecule has 1 saturated heterocycles. The lowest BCUT2D eigenvalue weighted by Gasteiger charge is -2.34. The van der Waals surface area contributed by atoms with E-state index in [-0.39, 0.29) is 11.5 Å². The minimum atomic E-state index is -1.16. The number of halogens is 1. The highest BCUT2D eigenvalue weighted by molar-refractivity contribution is 5.73. The number of carbonyl (C=O) groups is 1. The maximum Gasteiger partial charge on any atom is 0.313 e. The Balaban J connectivity index is 1.74. The fourth-order valence-electron chi connectivity index (χ4n) is 3.15. The molecule has 7 nitrogen and oxygen atoms in total. The minimum absolute atomic E-state index is 0.249. The van der Waals surface area contributed by atoms with E-state index in [2.05, 4.69) is 22.0 Å². The van der Waals surface area contributed by atoms with Crippen molar-refractivity contribution in [2.45, 2.75) is 6.10 Å². The van der Waals surface area contributed by atoms with E-state index < -0.39 is 18.0 Å². The van der Waals surface area contributed by atoms with Gasteiger partial charge in [0.05, 0.1) is 7.11 Å². The Morgan fingerprint density at radius 3 is 2.59 bits per heavy atom. The van der Waals surface area contributed by atoms with Gasteiger partial charge in [-0.2, -0.15) is 0 Å². The number of aromatic nitrogens is 1. The van der Waals surface area contributed by atoms with E-state index in [1.54, 1.807) is 18.2 Å². The van der Waals surface area contributed by atoms with Crippen molar-refractivity contribution < 1.29 is 23.6 Å². The molecule has 0 aliphatic carbocycles. The average Bonchev–Trinajstić information content (AvgIpc) is 3.17. The van der Waals surface area contributed by atoms with E-state index in [1.807, 2.05) is 0 Å². The molecule has 0 unspecified atom stereocenters. The van der Waals surface area contributed by atoms with Gasteiger partial charge < -0.3 is 19.3 Å². The number of rotatable bonds is 6. The molecule has 1 aliphatic rings. The van der Waals surface area contributed by atoms with E-state index in [0.29, 0.717) is 17.9 Å². The van der Waals surface area contributed by atoms with Crippen molar-refractivity contribution in [1.29, 1.82) is 0 Å². The number of benzene rings is 1. The second kappa shape index (κ2) is 8.60. The van der Waals surface area contributed by atoms with Crippen LogP contribution < -0.4 is 0 Å². The highest BCUT2D eigenvalue weighted by Crippen LogP contribution is 2.28. The van der Waals surface area contributed by atoms with Gasteiger partial charge in [-0.05, 0) is 31.3 Å². The zero-order chi connectivity index (χ0) is 19.4. The predicted molar refractivity (Wildman–Crippen MR) is 96.3 cm³/mol. The van der Waals surface area contributed by atoms with E-state index in [4.69, 9.17) is 9.26 Å². The fourth-order valence-corrected chi connectivity index (χ4v) is 3.15. The van der Waals surface area contributed by atoms with Crippen molar-refractivity contribution >= 4 is 5.97 Å². The third-order valence-electron chi connectivity index (χ3n) is 4.90. The molecule has 0 radical (unpaired) electrons. The van der Waals surface area contributed by atoms with Crippen molar-refractivity contribution in [2.75, 3.05) is 46.9 Å². The molecule has 2 atom stereocenters. The van der Waals surface area contributed by atoms with Gasteiger partial charge in [0.2, 0.25) is 0 Å². The maximum absolute atomic E-state index is 13.1. The summed E-state index contributed by atoms with van der Waals surface area (Å²) in [5.41, 5.74) is 0.884. The van der Waals surface area contributed by atoms with Crippen LogP contribution in [0, 0.1) is 11.7 Å². The van der Waals surface area contributed by atoms with Crippen LogP contribution in [0.15, 0.2) is 34.9 Å². The molecule has 8 heteroatoms. The zero-order valence-electron chi connectivity index (χ0n) is 15.5. The number of ether oxygens (including phenoxy) is 1. The van der Waals surface area contributed by atoms with E-state index >= 15 is 0 Å². The molecule has 1 aromatic carbocycles. The van der Waals surface area contributed by atoms with Gasteiger partial charge in [0.15, 0.2) is 5.76 Å². The molecule has 0 amide bonds. The van der Waals surface area contributed by atoms with Crippen LogP contribution in [0.25, 0.3) is 11.3 Å². The Hall–Kier alpha value is -2.29. The van der Waals surface area contributed by atoms with Crippen molar-refractivity contribution in [3.8, 4) is 11.3 Å². The third kappa shape index (κ3) is 4.71. The van der Waals surface area contributed by atoms with Crippen LogP contribution in [-0.2, 0) is 9.53 Å². The Kier molecular flexibility index (Phi) is 6.20. The summed E-state index contributed by atoms with van der Waals surface area (Å²) in [5.74, 6) is -1.22. The van der Waals surface area contributed by atoms with Crippen LogP contribution in [0.3, 0.4) is 0 Å². The molecular weight excluding hydrogens is 353 g/mol. The average molecular weight is 377 g/mol. The van der Waals surface area contributed by atoms with Crippen LogP contribution in [0.1, 0.15) is 11.8 Å². The first-order chi connectivity index (χ1) is 13.0. The molecule has 0 saturated carbocycles. The van der Waals surface area contributed by atoms with Crippen LogP contribution in [0.2, 0.25) is 0 Å². The van der Waals surface area contributed by atoms with Gasteiger partial charge in [0.1, 0.15) is 23.5 Å². The SMILES string of the molecule is COC(=O)[C@@H](CN1CCN(C)CC1)[C@H](O)c1cc(-c2ccc(F)cc2)on1. The van der Waals surface area contributed by atoms with Crippen LogP contribution in [0.5, 0.6) is 0 Å². The second-order valence-electron chi connectivity index (χ2n) is 6.80. The van der Waals surface area contributed by atoms with Gasteiger partial charge in [-0.1, -0.05) is 5.16 Å². The summed E-state index contributed by atoms with van der Waals surface area (Å²) in [6, 6.07) is 7.33. The molecular formula is C19H24FN3O4. The summed E-state index contributed by atoms with van der Waals surface area (Å²) < 4.78 is 23.2. The zero-order valence-corrected chi connectivity index (χ0v) is 15.5. The molecule has 2 aromatic rings. The first-order valence-electron chi connectivity index (χ1n) is 8.87. The molecule has 1 fully saturated rings. The Morgan fingerprint density at radius 1 is 1.30 bits per heavy atom. The van der Waals surface area contributed by atoms with Crippen molar-refractivity contribution in [3.63, 3.8) is 0 Å². The first-order valence-corrected chi connectivity index (χ1v) is 8.87. The number of carbonyl (C=O) groups excluding carboxylic acids is 1. The predicted octanol–water partition coefficient (Wildman–Crippen LogP) is 1.55. The molecule has 2 heterocycles. The smallest absolute Gasteiger partial charge is 0.313 e. The minimum Gasteiger partial charge on any atom is -0.469 e. The van der Waals surface area contributed by atoms with Crippen molar-refractivity contribution in [2.24, 2.45) is 5.92 Å². The molecule has 0 spiro atoms. The molecule has 1 aromatic heterocycles. The molecule has 0 bridgehead atoms. The second-order valence-corrected chi connectivity index (χ2v) is 6.80. The fraction of sp³-hybridized carbons (Fsp3) is 0.474. The quantitative estimate of drug-likeness (QED) is 0.765.